The molecular weight excluding hydrogens is 202 g/mol. The molecule has 3 heteroatoms. The van der Waals surface area contributed by atoms with Crippen LogP contribution in [0.3, 0.4) is 0 Å². The van der Waals surface area contributed by atoms with E-state index in [1.54, 1.807) is 0 Å². The third-order valence-electron chi connectivity index (χ3n) is 4.22. The van der Waals surface area contributed by atoms with E-state index in [2.05, 4.69) is 6.92 Å². The fraction of sp³-hybridized carbons (Fsp3) is 1.00. The van der Waals surface area contributed by atoms with Gasteiger partial charge in [0.2, 0.25) is 0 Å². The van der Waals surface area contributed by atoms with Crippen LogP contribution < -0.4 is 5.73 Å². The van der Waals surface area contributed by atoms with E-state index in [9.17, 15) is 0 Å². The summed E-state index contributed by atoms with van der Waals surface area (Å²) in [6, 6.07) is 0.176. The van der Waals surface area contributed by atoms with Gasteiger partial charge in [0.05, 0.1) is 25.9 Å². The molecule has 0 bridgehead atoms. The summed E-state index contributed by atoms with van der Waals surface area (Å²) in [5.41, 5.74) is 6.34. The van der Waals surface area contributed by atoms with Crippen LogP contribution >= 0.6 is 0 Å². The number of ether oxygens (including phenoxy) is 2. The first-order chi connectivity index (χ1) is 7.81. The van der Waals surface area contributed by atoms with E-state index >= 15 is 0 Å². The quantitative estimate of drug-likeness (QED) is 0.801. The van der Waals surface area contributed by atoms with Gasteiger partial charge in [0.25, 0.3) is 0 Å². The van der Waals surface area contributed by atoms with Gasteiger partial charge in [-0.1, -0.05) is 26.2 Å². The zero-order valence-corrected chi connectivity index (χ0v) is 10.4. The predicted octanol–water partition coefficient (Wildman–Crippen LogP) is 1.95. The van der Waals surface area contributed by atoms with Crippen LogP contribution in [0.2, 0.25) is 0 Å². The Morgan fingerprint density at radius 3 is 2.88 bits per heavy atom. The third-order valence-corrected chi connectivity index (χ3v) is 4.22. The van der Waals surface area contributed by atoms with Crippen molar-refractivity contribution in [2.45, 2.75) is 51.2 Å². The molecule has 4 unspecified atom stereocenters. The highest BCUT2D eigenvalue weighted by Crippen LogP contribution is 2.33. The van der Waals surface area contributed by atoms with Gasteiger partial charge < -0.3 is 15.2 Å². The Labute approximate surface area is 98.7 Å². The van der Waals surface area contributed by atoms with Crippen molar-refractivity contribution in [1.29, 1.82) is 0 Å². The molecule has 2 fully saturated rings. The van der Waals surface area contributed by atoms with Crippen LogP contribution in [-0.4, -0.2) is 32.0 Å². The van der Waals surface area contributed by atoms with E-state index in [4.69, 9.17) is 15.2 Å². The van der Waals surface area contributed by atoms with Gasteiger partial charge in [-0.3, -0.25) is 0 Å². The lowest BCUT2D eigenvalue weighted by atomic mass is 9.76. The molecule has 1 heterocycles. The van der Waals surface area contributed by atoms with Crippen LogP contribution in [0.25, 0.3) is 0 Å². The average molecular weight is 227 g/mol. The molecule has 2 N–H and O–H groups in total. The van der Waals surface area contributed by atoms with Gasteiger partial charge in [0.15, 0.2) is 0 Å². The van der Waals surface area contributed by atoms with Gasteiger partial charge >= 0.3 is 0 Å². The molecule has 0 radical (unpaired) electrons. The minimum Gasteiger partial charge on any atom is -0.376 e. The molecule has 3 nitrogen and oxygen atoms in total. The summed E-state index contributed by atoms with van der Waals surface area (Å²) in [5.74, 6) is 1.53. The Morgan fingerprint density at radius 2 is 2.19 bits per heavy atom. The highest BCUT2D eigenvalue weighted by atomic mass is 16.6. The van der Waals surface area contributed by atoms with Crippen LogP contribution in [0.15, 0.2) is 0 Å². The van der Waals surface area contributed by atoms with Crippen molar-refractivity contribution < 1.29 is 9.47 Å². The molecule has 2 rings (SSSR count). The van der Waals surface area contributed by atoms with Crippen LogP contribution in [0.4, 0.5) is 0 Å². The minimum atomic E-state index is 0.134. The van der Waals surface area contributed by atoms with Crippen LogP contribution in [-0.2, 0) is 9.47 Å². The third kappa shape index (κ3) is 2.96. The molecule has 4 atom stereocenters. The van der Waals surface area contributed by atoms with Gasteiger partial charge in [0.1, 0.15) is 0 Å². The van der Waals surface area contributed by atoms with E-state index in [1.807, 2.05) is 0 Å². The van der Waals surface area contributed by atoms with Gasteiger partial charge in [-0.15, -0.1) is 0 Å². The summed E-state index contributed by atoms with van der Waals surface area (Å²) < 4.78 is 11.2. The first-order valence-electron chi connectivity index (χ1n) is 6.76. The zero-order valence-electron chi connectivity index (χ0n) is 10.4. The maximum absolute atomic E-state index is 6.34. The molecule has 94 valence electrons. The minimum absolute atomic E-state index is 0.134. The zero-order chi connectivity index (χ0) is 11.4. The van der Waals surface area contributed by atoms with Crippen molar-refractivity contribution >= 4 is 0 Å². The maximum Gasteiger partial charge on any atom is 0.0962 e. The molecule has 0 aromatic rings. The molecule has 16 heavy (non-hydrogen) atoms. The molecule has 2 aliphatic rings. The van der Waals surface area contributed by atoms with E-state index < -0.39 is 0 Å². The summed E-state index contributed by atoms with van der Waals surface area (Å²) in [7, 11) is 0. The van der Waals surface area contributed by atoms with E-state index in [0.717, 1.165) is 12.5 Å². The molecule has 1 saturated heterocycles. The lowest BCUT2D eigenvalue weighted by Crippen LogP contribution is -2.49. The number of hydrogen-bond donors (Lipinski definition) is 1. The van der Waals surface area contributed by atoms with Crippen molar-refractivity contribution in [3.05, 3.63) is 0 Å². The normalized spacial score (nSPS) is 38.2. The Balaban J connectivity index is 1.84. The average Bonchev–Trinajstić information content (AvgIpc) is 2.39. The highest BCUT2D eigenvalue weighted by molar-refractivity contribution is 4.86. The van der Waals surface area contributed by atoms with Gasteiger partial charge in [-0.05, 0) is 24.7 Å². The van der Waals surface area contributed by atoms with E-state index in [1.165, 1.54) is 32.1 Å². The summed E-state index contributed by atoms with van der Waals surface area (Å²) in [6.45, 7) is 4.42. The molecule has 0 aromatic carbocycles. The first-order valence-corrected chi connectivity index (χ1v) is 6.76. The number of hydrogen-bond acceptors (Lipinski definition) is 3. The van der Waals surface area contributed by atoms with Gasteiger partial charge in [-0.25, -0.2) is 0 Å². The summed E-state index contributed by atoms with van der Waals surface area (Å²) in [6.07, 6.45) is 6.72. The fourth-order valence-corrected chi connectivity index (χ4v) is 3.08. The molecule has 1 saturated carbocycles. The molecule has 0 aromatic heterocycles. The molecular formula is C13H25NO2. The largest absolute Gasteiger partial charge is 0.376 e. The topological polar surface area (TPSA) is 44.5 Å². The molecule has 0 amide bonds. The Bertz CT molecular complexity index is 204. The van der Waals surface area contributed by atoms with Crippen molar-refractivity contribution in [2.75, 3.05) is 19.8 Å². The van der Waals surface area contributed by atoms with Crippen LogP contribution in [0, 0.1) is 11.8 Å². The Morgan fingerprint density at radius 1 is 1.31 bits per heavy atom. The smallest absolute Gasteiger partial charge is 0.0962 e. The van der Waals surface area contributed by atoms with Crippen LogP contribution in [0.1, 0.15) is 39.0 Å². The summed E-state index contributed by atoms with van der Waals surface area (Å²) in [5, 5.41) is 0. The SMILES string of the molecule is CCC1CCCC(C(N)C2COCCO2)C1. The van der Waals surface area contributed by atoms with Gasteiger partial charge in [0, 0.05) is 6.04 Å². The standard InChI is InChI=1S/C13H25NO2/c1-2-10-4-3-5-11(8-10)13(14)12-9-15-6-7-16-12/h10-13H,2-9,14H2,1H3. The molecule has 1 aliphatic heterocycles. The number of rotatable bonds is 3. The number of nitrogens with two attached hydrogens (primary N) is 1. The maximum atomic E-state index is 6.34. The van der Waals surface area contributed by atoms with Gasteiger partial charge in [-0.2, -0.15) is 0 Å². The first kappa shape index (κ1) is 12.3. The van der Waals surface area contributed by atoms with Crippen LogP contribution in [0.5, 0.6) is 0 Å². The van der Waals surface area contributed by atoms with Crippen molar-refractivity contribution in [2.24, 2.45) is 17.6 Å². The van der Waals surface area contributed by atoms with Crippen molar-refractivity contribution in [3.8, 4) is 0 Å². The Hall–Kier alpha value is -0.120. The lowest BCUT2D eigenvalue weighted by Gasteiger charge is -2.37. The van der Waals surface area contributed by atoms with Crippen molar-refractivity contribution in [1.82, 2.24) is 0 Å². The molecule has 0 spiro atoms. The summed E-state index contributed by atoms with van der Waals surface area (Å²) in [4.78, 5) is 0. The Kier molecular flexibility index (Phi) is 4.62. The van der Waals surface area contributed by atoms with E-state index in [-0.39, 0.29) is 12.1 Å². The predicted molar refractivity (Wildman–Crippen MR) is 64.3 cm³/mol. The van der Waals surface area contributed by atoms with Crippen molar-refractivity contribution in [3.63, 3.8) is 0 Å². The second kappa shape index (κ2) is 5.99. The lowest BCUT2D eigenvalue weighted by molar-refractivity contribution is -0.106. The molecule has 1 aliphatic carbocycles. The highest BCUT2D eigenvalue weighted by Gasteiger charge is 2.32. The fourth-order valence-electron chi connectivity index (χ4n) is 3.08. The monoisotopic (exact) mass is 227 g/mol. The summed E-state index contributed by atoms with van der Waals surface area (Å²) >= 11 is 0. The second-order valence-electron chi connectivity index (χ2n) is 5.26. The second-order valence-corrected chi connectivity index (χ2v) is 5.26. The van der Waals surface area contributed by atoms with E-state index in [0.29, 0.717) is 19.1 Å².